The average molecular weight is 412 g/mol. The predicted molar refractivity (Wildman–Crippen MR) is 127 cm³/mol. The Morgan fingerprint density at radius 3 is 1.88 bits per heavy atom. The lowest BCUT2D eigenvalue weighted by Gasteiger charge is -2.06. The Labute approximate surface area is 182 Å². The van der Waals surface area contributed by atoms with Crippen LogP contribution in [0.5, 0.6) is 0 Å². The van der Waals surface area contributed by atoms with E-state index in [0.29, 0.717) is 0 Å². The molecule has 0 spiro atoms. The van der Waals surface area contributed by atoms with Crippen LogP contribution in [0.2, 0.25) is 0 Å². The van der Waals surface area contributed by atoms with Gasteiger partial charge in [0, 0.05) is 38.9 Å². The number of rotatable bonds is 2. The van der Waals surface area contributed by atoms with Gasteiger partial charge in [0.1, 0.15) is 16.7 Å². The number of para-hydroxylation sites is 1. The van der Waals surface area contributed by atoms with Crippen LogP contribution >= 0.6 is 0 Å². The summed E-state index contributed by atoms with van der Waals surface area (Å²) in [6.07, 6.45) is 3.54. The number of hydrogen-bond acceptors (Lipinski definition) is 4. The Bertz CT molecular complexity index is 1660. The van der Waals surface area contributed by atoms with Crippen molar-refractivity contribution in [3.63, 3.8) is 0 Å². The Morgan fingerprint density at radius 1 is 0.500 bits per heavy atom. The van der Waals surface area contributed by atoms with E-state index < -0.39 is 0 Å². The van der Waals surface area contributed by atoms with Crippen LogP contribution in [0.3, 0.4) is 0 Å². The molecule has 0 amide bonds. The lowest BCUT2D eigenvalue weighted by Crippen LogP contribution is -1.88. The Morgan fingerprint density at radius 2 is 1.12 bits per heavy atom. The van der Waals surface area contributed by atoms with Crippen LogP contribution in [0.25, 0.3) is 66.4 Å². The molecule has 0 N–H and O–H groups in total. The zero-order valence-electron chi connectivity index (χ0n) is 16.9. The van der Waals surface area contributed by atoms with E-state index in [1.54, 1.807) is 12.4 Å². The first-order valence-electron chi connectivity index (χ1n) is 10.5. The third-order valence-electron chi connectivity index (χ3n) is 5.99. The van der Waals surface area contributed by atoms with Gasteiger partial charge < -0.3 is 8.83 Å². The van der Waals surface area contributed by atoms with Crippen LogP contribution in [0.4, 0.5) is 0 Å². The lowest BCUT2D eigenvalue weighted by atomic mass is 10.0. The first-order valence-corrected chi connectivity index (χ1v) is 10.5. The molecule has 0 aliphatic heterocycles. The number of benzene rings is 3. The first kappa shape index (κ1) is 17.3. The van der Waals surface area contributed by atoms with Gasteiger partial charge in [0.25, 0.3) is 0 Å². The van der Waals surface area contributed by atoms with Gasteiger partial charge >= 0.3 is 0 Å². The van der Waals surface area contributed by atoms with Crippen LogP contribution in [0.1, 0.15) is 0 Å². The van der Waals surface area contributed by atoms with Crippen LogP contribution in [0, 0.1) is 0 Å². The molecule has 0 unspecified atom stereocenters. The molecule has 150 valence electrons. The number of nitrogens with zero attached hydrogens (tertiary/aromatic N) is 2. The quantitative estimate of drug-likeness (QED) is 0.293. The minimum Gasteiger partial charge on any atom is -0.456 e. The molecule has 0 saturated heterocycles. The molecule has 7 aromatic rings. The second kappa shape index (κ2) is 6.53. The molecule has 0 aliphatic carbocycles. The highest BCUT2D eigenvalue weighted by molar-refractivity contribution is 6.07. The van der Waals surface area contributed by atoms with Crippen LogP contribution in [-0.4, -0.2) is 9.97 Å². The topological polar surface area (TPSA) is 52.1 Å². The van der Waals surface area contributed by atoms with E-state index in [1.165, 1.54) is 0 Å². The number of fused-ring (bicyclic) bond motifs is 6. The fourth-order valence-electron chi connectivity index (χ4n) is 4.43. The van der Waals surface area contributed by atoms with Gasteiger partial charge in [-0.25, -0.2) is 4.98 Å². The number of pyridine rings is 2. The maximum Gasteiger partial charge on any atom is 0.153 e. The number of aromatic nitrogens is 2. The fraction of sp³-hybridized carbons (Fsp3) is 0. The van der Waals surface area contributed by atoms with E-state index in [2.05, 4.69) is 41.4 Å². The highest BCUT2D eigenvalue weighted by Crippen LogP contribution is 2.34. The molecule has 0 bridgehead atoms. The highest BCUT2D eigenvalue weighted by Gasteiger charge is 2.11. The molecule has 0 fully saturated rings. The molecule has 4 heteroatoms. The van der Waals surface area contributed by atoms with E-state index in [0.717, 1.165) is 66.4 Å². The normalized spacial score (nSPS) is 11.8. The highest BCUT2D eigenvalue weighted by atomic mass is 16.3. The standard InChI is InChI=1S/C28H16N2O2/c1-2-7-25-19(4-1)21-14-17(8-10-26(21)31-25)23-5-3-6-24(30-23)18-9-11-27-22(15-18)20-12-13-29-16-28(20)32-27/h1-16H. The molecule has 4 heterocycles. The summed E-state index contributed by atoms with van der Waals surface area (Å²) in [5, 5.41) is 4.35. The summed E-state index contributed by atoms with van der Waals surface area (Å²) in [7, 11) is 0. The minimum absolute atomic E-state index is 0.794. The average Bonchev–Trinajstić information content (AvgIpc) is 3.41. The Kier molecular flexibility index (Phi) is 3.52. The summed E-state index contributed by atoms with van der Waals surface area (Å²) < 4.78 is 11.9. The predicted octanol–water partition coefficient (Wildman–Crippen LogP) is 7.61. The monoisotopic (exact) mass is 412 g/mol. The van der Waals surface area contributed by atoms with Crippen LogP contribution in [-0.2, 0) is 0 Å². The van der Waals surface area contributed by atoms with E-state index in [4.69, 9.17) is 13.8 Å². The van der Waals surface area contributed by atoms with Crippen molar-refractivity contribution in [2.45, 2.75) is 0 Å². The summed E-state index contributed by atoms with van der Waals surface area (Å²) >= 11 is 0. The molecule has 3 aromatic carbocycles. The van der Waals surface area contributed by atoms with Gasteiger partial charge in [-0.3, -0.25) is 4.98 Å². The fourth-order valence-corrected chi connectivity index (χ4v) is 4.43. The third kappa shape index (κ3) is 2.56. The number of furan rings is 2. The molecule has 0 atom stereocenters. The van der Waals surface area contributed by atoms with Gasteiger partial charge in [0.2, 0.25) is 0 Å². The van der Waals surface area contributed by atoms with Crippen LogP contribution in [0.15, 0.2) is 106 Å². The summed E-state index contributed by atoms with van der Waals surface area (Å²) in [4.78, 5) is 9.14. The van der Waals surface area contributed by atoms with Crippen molar-refractivity contribution in [2.75, 3.05) is 0 Å². The molecular formula is C28H16N2O2. The summed E-state index contributed by atoms with van der Waals surface area (Å²) in [6.45, 7) is 0. The van der Waals surface area contributed by atoms with Crippen molar-refractivity contribution in [3.8, 4) is 22.5 Å². The van der Waals surface area contributed by atoms with Crippen molar-refractivity contribution in [2.24, 2.45) is 0 Å². The van der Waals surface area contributed by atoms with Crippen LogP contribution < -0.4 is 0 Å². The van der Waals surface area contributed by atoms with E-state index in [1.807, 2.05) is 48.5 Å². The molecule has 0 aliphatic rings. The van der Waals surface area contributed by atoms with Crippen molar-refractivity contribution >= 4 is 43.9 Å². The minimum atomic E-state index is 0.794. The maximum atomic E-state index is 5.97. The van der Waals surface area contributed by atoms with E-state index in [9.17, 15) is 0 Å². The van der Waals surface area contributed by atoms with Crippen molar-refractivity contribution in [1.29, 1.82) is 0 Å². The van der Waals surface area contributed by atoms with Gasteiger partial charge in [0.05, 0.1) is 17.6 Å². The second-order valence-corrected chi connectivity index (χ2v) is 7.90. The van der Waals surface area contributed by atoms with Gasteiger partial charge in [-0.2, -0.15) is 0 Å². The van der Waals surface area contributed by atoms with Gasteiger partial charge in [-0.1, -0.05) is 24.3 Å². The smallest absolute Gasteiger partial charge is 0.153 e. The molecule has 32 heavy (non-hydrogen) atoms. The van der Waals surface area contributed by atoms with Gasteiger partial charge in [-0.15, -0.1) is 0 Å². The summed E-state index contributed by atoms with van der Waals surface area (Å²) in [5.74, 6) is 0. The molecule has 4 nitrogen and oxygen atoms in total. The van der Waals surface area contributed by atoms with E-state index in [-0.39, 0.29) is 0 Å². The molecule has 0 radical (unpaired) electrons. The summed E-state index contributed by atoms with van der Waals surface area (Å²) in [5.41, 5.74) is 7.39. The third-order valence-corrected chi connectivity index (χ3v) is 5.99. The zero-order chi connectivity index (χ0) is 21.1. The van der Waals surface area contributed by atoms with Crippen molar-refractivity contribution < 1.29 is 8.83 Å². The maximum absolute atomic E-state index is 5.97. The largest absolute Gasteiger partial charge is 0.456 e. The lowest BCUT2D eigenvalue weighted by molar-refractivity contribution is 0.667. The van der Waals surface area contributed by atoms with Crippen molar-refractivity contribution in [1.82, 2.24) is 9.97 Å². The Hall–Kier alpha value is -4.44. The first-order chi connectivity index (χ1) is 15.8. The molecule has 7 rings (SSSR count). The van der Waals surface area contributed by atoms with Gasteiger partial charge in [0.15, 0.2) is 5.58 Å². The molecule has 0 saturated carbocycles. The van der Waals surface area contributed by atoms with Gasteiger partial charge in [-0.05, 0) is 60.7 Å². The second-order valence-electron chi connectivity index (χ2n) is 7.90. The van der Waals surface area contributed by atoms with Crippen molar-refractivity contribution in [3.05, 3.63) is 97.3 Å². The Balaban J connectivity index is 1.37. The number of hydrogen-bond donors (Lipinski definition) is 0. The molecular weight excluding hydrogens is 396 g/mol. The SMILES string of the molecule is c1cc(-c2ccc3oc4ccccc4c3c2)nc(-c2ccc3oc4cnccc4c3c2)c1. The summed E-state index contributed by atoms with van der Waals surface area (Å²) in [6, 6.07) is 28.7. The van der Waals surface area contributed by atoms with E-state index >= 15 is 0 Å². The zero-order valence-corrected chi connectivity index (χ0v) is 16.9. The molecule has 4 aromatic heterocycles.